The van der Waals surface area contributed by atoms with Crippen molar-refractivity contribution in [3.05, 3.63) is 63.8 Å². The van der Waals surface area contributed by atoms with Crippen molar-refractivity contribution in [1.29, 1.82) is 0 Å². The van der Waals surface area contributed by atoms with Crippen LogP contribution in [0.2, 0.25) is 0 Å². The van der Waals surface area contributed by atoms with Gasteiger partial charge in [-0.1, -0.05) is 29.8 Å². The summed E-state index contributed by atoms with van der Waals surface area (Å²) in [6, 6.07) is 9.96. The van der Waals surface area contributed by atoms with Gasteiger partial charge < -0.3 is 15.2 Å². The largest absolute Gasteiger partial charge is 0.358 e. The number of benzene rings is 2. The van der Waals surface area contributed by atoms with E-state index in [-0.39, 0.29) is 18.4 Å². The normalized spacial score (nSPS) is 13.2. The number of anilines is 1. The van der Waals surface area contributed by atoms with Crippen LogP contribution in [-0.2, 0) is 17.6 Å². The van der Waals surface area contributed by atoms with Gasteiger partial charge in [-0.15, -0.1) is 0 Å². The molecule has 0 spiro atoms. The van der Waals surface area contributed by atoms with Crippen molar-refractivity contribution < 1.29 is 9.59 Å². The first-order chi connectivity index (χ1) is 14.3. The van der Waals surface area contributed by atoms with Crippen molar-refractivity contribution in [3.63, 3.8) is 0 Å². The predicted molar refractivity (Wildman–Crippen MR) is 121 cm³/mol. The van der Waals surface area contributed by atoms with E-state index in [2.05, 4.69) is 16.4 Å². The minimum absolute atomic E-state index is 0.00238. The summed E-state index contributed by atoms with van der Waals surface area (Å²) in [7, 11) is 1.68. The number of carbonyl (C=O) groups excluding carboxylic acids is 2. The van der Waals surface area contributed by atoms with Crippen molar-refractivity contribution in [2.24, 2.45) is 0 Å². The zero-order valence-electron chi connectivity index (χ0n) is 18.2. The lowest BCUT2D eigenvalue weighted by molar-refractivity contribution is -0.116. The van der Waals surface area contributed by atoms with Crippen LogP contribution < -0.4 is 5.32 Å². The fourth-order valence-electron chi connectivity index (χ4n) is 4.66. The number of nitrogens with zero attached hydrogens (tertiary/aromatic N) is 1. The molecule has 0 saturated carbocycles. The molecular weight excluding hydrogens is 374 g/mol. The second kappa shape index (κ2) is 7.98. The van der Waals surface area contributed by atoms with Gasteiger partial charge in [0.15, 0.2) is 0 Å². The van der Waals surface area contributed by atoms with E-state index in [1.165, 1.54) is 29.0 Å². The third kappa shape index (κ3) is 3.72. The minimum Gasteiger partial charge on any atom is -0.358 e. The Kier molecular flexibility index (Phi) is 5.37. The highest BCUT2D eigenvalue weighted by Crippen LogP contribution is 2.31. The van der Waals surface area contributed by atoms with Gasteiger partial charge in [0.25, 0.3) is 5.91 Å². The van der Waals surface area contributed by atoms with Gasteiger partial charge in [-0.3, -0.25) is 9.59 Å². The van der Waals surface area contributed by atoms with Crippen molar-refractivity contribution in [2.75, 3.05) is 18.9 Å². The summed E-state index contributed by atoms with van der Waals surface area (Å²) in [5, 5.41) is 4.12. The maximum Gasteiger partial charge on any atom is 0.256 e. The predicted octanol–water partition coefficient (Wildman–Crippen LogP) is 4.68. The van der Waals surface area contributed by atoms with E-state index in [0.717, 1.165) is 46.1 Å². The molecule has 0 saturated heterocycles. The maximum atomic E-state index is 13.2. The molecule has 156 valence electrons. The number of amides is 2. The van der Waals surface area contributed by atoms with Gasteiger partial charge in [-0.25, -0.2) is 0 Å². The summed E-state index contributed by atoms with van der Waals surface area (Å²) in [6.07, 6.45) is 4.46. The fourth-order valence-corrected chi connectivity index (χ4v) is 4.66. The lowest BCUT2D eigenvalue weighted by Gasteiger charge is -2.19. The smallest absolute Gasteiger partial charge is 0.256 e. The second-order valence-corrected chi connectivity index (χ2v) is 8.50. The highest BCUT2D eigenvalue weighted by molar-refractivity contribution is 6.08. The Morgan fingerprint density at radius 3 is 2.50 bits per heavy atom. The summed E-state index contributed by atoms with van der Waals surface area (Å²) >= 11 is 0. The number of rotatable bonds is 4. The van der Waals surface area contributed by atoms with Gasteiger partial charge in [0.05, 0.1) is 17.6 Å². The van der Waals surface area contributed by atoms with E-state index >= 15 is 0 Å². The average Bonchev–Trinajstić information content (AvgIpc) is 3.09. The van der Waals surface area contributed by atoms with Gasteiger partial charge in [-0.2, -0.15) is 0 Å². The van der Waals surface area contributed by atoms with E-state index in [1.807, 2.05) is 45.0 Å². The number of aromatic nitrogens is 1. The Morgan fingerprint density at radius 1 is 1.07 bits per heavy atom. The number of likely N-dealkylation sites (N-methyl/N-ethyl adjacent to an activating group) is 1. The summed E-state index contributed by atoms with van der Waals surface area (Å²) in [4.78, 5) is 30.8. The highest BCUT2D eigenvalue weighted by atomic mass is 16.2. The van der Waals surface area contributed by atoms with Crippen LogP contribution in [0, 0.1) is 20.8 Å². The Labute approximate surface area is 177 Å². The van der Waals surface area contributed by atoms with Crippen LogP contribution in [0.5, 0.6) is 0 Å². The number of H-pyrrole nitrogens is 1. The number of carbonyl (C=O) groups is 2. The standard InChI is InChI=1S/C25H29N3O2/c1-15-12-16(2)23(17(3)13-15)27-22(29)14-28(4)25(30)20-10-7-9-19-18-8-5-6-11-21(18)26-24(19)20/h7,9-10,12-13,26H,5-6,8,11,14H2,1-4H3,(H,27,29). The summed E-state index contributed by atoms with van der Waals surface area (Å²) in [6.45, 7) is 6.01. The van der Waals surface area contributed by atoms with Gasteiger partial charge in [0.2, 0.25) is 5.91 Å². The lowest BCUT2D eigenvalue weighted by Crippen LogP contribution is -2.35. The van der Waals surface area contributed by atoms with Crippen LogP contribution in [0.25, 0.3) is 10.9 Å². The summed E-state index contributed by atoms with van der Waals surface area (Å²) in [5.41, 5.74) is 8.15. The first-order valence-corrected chi connectivity index (χ1v) is 10.6. The maximum absolute atomic E-state index is 13.2. The van der Waals surface area contributed by atoms with Gasteiger partial charge in [-0.05, 0) is 69.2 Å². The molecule has 2 amide bonds. The molecule has 1 aliphatic carbocycles. The van der Waals surface area contributed by atoms with E-state index in [9.17, 15) is 9.59 Å². The molecule has 5 nitrogen and oxygen atoms in total. The molecule has 0 fully saturated rings. The van der Waals surface area contributed by atoms with Crippen molar-refractivity contribution in [3.8, 4) is 0 Å². The number of fused-ring (bicyclic) bond motifs is 3. The van der Waals surface area contributed by atoms with E-state index in [4.69, 9.17) is 0 Å². The molecule has 0 aliphatic heterocycles. The summed E-state index contributed by atoms with van der Waals surface area (Å²) < 4.78 is 0. The van der Waals surface area contributed by atoms with Crippen LogP contribution in [0.15, 0.2) is 30.3 Å². The first kappa shape index (κ1) is 20.2. The lowest BCUT2D eigenvalue weighted by atomic mass is 9.95. The van der Waals surface area contributed by atoms with Crippen LogP contribution in [0.1, 0.15) is 51.1 Å². The molecule has 0 bridgehead atoms. The molecule has 0 unspecified atom stereocenters. The zero-order chi connectivity index (χ0) is 21.4. The van der Waals surface area contributed by atoms with Crippen molar-refractivity contribution in [2.45, 2.75) is 46.5 Å². The van der Waals surface area contributed by atoms with Crippen molar-refractivity contribution in [1.82, 2.24) is 9.88 Å². The molecule has 4 rings (SSSR count). The van der Waals surface area contributed by atoms with E-state index in [0.29, 0.717) is 5.56 Å². The molecule has 5 heteroatoms. The molecule has 2 aromatic carbocycles. The first-order valence-electron chi connectivity index (χ1n) is 10.6. The number of hydrogen-bond acceptors (Lipinski definition) is 2. The molecule has 0 atom stereocenters. The Hall–Kier alpha value is -3.08. The second-order valence-electron chi connectivity index (χ2n) is 8.50. The van der Waals surface area contributed by atoms with Gasteiger partial charge >= 0.3 is 0 Å². The molecule has 1 aromatic heterocycles. The van der Waals surface area contributed by atoms with E-state index in [1.54, 1.807) is 7.05 Å². The molecule has 3 aromatic rings. The Balaban J connectivity index is 1.53. The van der Waals surface area contributed by atoms with Crippen LogP contribution >= 0.6 is 0 Å². The minimum atomic E-state index is -0.196. The number of nitrogens with one attached hydrogen (secondary N) is 2. The van der Waals surface area contributed by atoms with E-state index < -0.39 is 0 Å². The monoisotopic (exact) mass is 403 g/mol. The quantitative estimate of drug-likeness (QED) is 0.664. The van der Waals surface area contributed by atoms with Crippen LogP contribution in [-0.4, -0.2) is 35.3 Å². The molecule has 30 heavy (non-hydrogen) atoms. The Bertz CT molecular complexity index is 1120. The summed E-state index contributed by atoms with van der Waals surface area (Å²) in [5.74, 6) is -0.342. The van der Waals surface area contributed by atoms with Crippen LogP contribution in [0.3, 0.4) is 0 Å². The average molecular weight is 404 g/mol. The molecule has 2 N–H and O–H groups in total. The van der Waals surface area contributed by atoms with Crippen molar-refractivity contribution >= 4 is 28.4 Å². The number of hydrogen-bond donors (Lipinski definition) is 2. The number of aromatic amines is 1. The van der Waals surface area contributed by atoms with Gasteiger partial charge in [0, 0.05) is 23.8 Å². The van der Waals surface area contributed by atoms with Gasteiger partial charge in [0.1, 0.15) is 0 Å². The molecular formula is C25H29N3O2. The topological polar surface area (TPSA) is 65.2 Å². The number of aryl methyl sites for hydroxylation is 5. The SMILES string of the molecule is Cc1cc(C)c(NC(=O)CN(C)C(=O)c2cccc3c4c([nH]c23)CCCC4)c(C)c1. The third-order valence-corrected chi connectivity index (χ3v) is 6.03. The molecule has 0 radical (unpaired) electrons. The third-order valence-electron chi connectivity index (χ3n) is 6.03. The molecule has 1 aliphatic rings. The van der Waals surface area contributed by atoms with Crippen LogP contribution in [0.4, 0.5) is 5.69 Å². The number of para-hydroxylation sites is 1. The molecule has 1 heterocycles. The Morgan fingerprint density at radius 2 is 1.77 bits per heavy atom. The highest BCUT2D eigenvalue weighted by Gasteiger charge is 2.22. The zero-order valence-corrected chi connectivity index (χ0v) is 18.2. The fraction of sp³-hybridized carbons (Fsp3) is 0.360.